The largest absolute Gasteiger partial charge is 0.478 e. The molecule has 2 aromatic rings. The summed E-state index contributed by atoms with van der Waals surface area (Å²) < 4.78 is 5.61. The normalized spacial score (nSPS) is 16.0. The summed E-state index contributed by atoms with van der Waals surface area (Å²) in [6.45, 7) is 0. The van der Waals surface area contributed by atoms with Crippen LogP contribution in [-0.2, 0) is 4.79 Å². The summed E-state index contributed by atoms with van der Waals surface area (Å²) in [5.41, 5.74) is 0.935. The van der Waals surface area contributed by atoms with Crippen molar-refractivity contribution in [2.75, 3.05) is 7.05 Å². The maximum absolute atomic E-state index is 11.6. The number of benzene rings is 1. The topological polar surface area (TPSA) is 99.9 Å². The number of carboxylic acids is 1. The Morgan fingerprint density at radius 3 is 2.70 bits per heavy atom. The number of carboxylic acid groups (broad SMARTS) is 1. The van der Waals surface area contributed by atoms with Gasteiger partial charge in [-0.05, 0) is 24.3 Å². The number of carbonyl (C=O) groups excluding carboxylic acids is 2. The molecule has 3 amide bonds. The molecule has 3 rings (SSSR count). The number of imide groups is 1. The monoisotopic (exact) mass is 312 g/mol. The maximum atomic E-state index is 11.6. The molecule has 0 radical (unpaired) electrons. The van der Waals surface area contributed by atoms with Gasteiger partial charge in [-0.3, -0.25) is 15.0 Å². The molecule has 2 heterocycles. The van der Waals surface area contributed by atoms with Crippen molar-refractivity contribution in [3.63, 3.8) is 0 Å². The number of hydrogen-bond donors (Lipinski definition) is 2. The van der Waals surface area contributed by atoms with Crippen LogP contribution < -0.4 is 5.32 Å². The summed E-state index contributed by atoms with van der Waals surface area (Å²) in [4.78, 5) is 35.2. The molecule has 1 aliphatic rings. The quantitative estimate of drug-likeness (QED) is 0.668. The summed E-state index contributed by atoms with van der Waals surface area (Å²) >= 11 is 0. The molecule has 1 fully saturated rings. The number of likely N-dealkylation sites (N-methyl/N-ethyl adjacent to an activating group) is 1. The molecule has 0 unspecified atom stereocenters. The van der Waals surface area contributed by atoms with E-state index in [0.29, 0.717) is 17.1 Å². The lowest BCUT2D eigenvalue weighted by Crippen LogP contribution is -2.24. The molecule has 0 aliphatic carbocycles. The number of hydrogen-bond acceptors (Lipinski definition) is 4. The Morgan fingerprint density at radius 1 is 1.26 bits per heavy atom. The molecule has 23 heavy (non-hydrogen) atoms. The van der Waals surface area contributed by atoms with E-state index in [2.05, 4.69) is 5.32 Å². The average molecular weight is 312 g/mol. The van der Waals surface area contributed by atoms with E-state index in [4.69, 9.17) is 9.52 Å². The molecule has 0 atom stereocenters. The Balaban J connectivity index is 1.92. The van der Waals surface area contributed by atoms with E-state index in [1.165, 1.54) is 30.2 Å². The van der Waals surface area contributed by atoms with E-state index in [-0.39, 0.29) is 11.3 Å². The molecular weight excluding hydrogens is 300 g/mol. The first-order valence-electron chi connectivity index (χ1n) is 6.70. The van der Waals surface area contributed by atoms with Crippen molar-refractivity contribution in [3.05, 3.63) is 53.4 Å². The zero-order valence-corrected chi connectivity index (χ0v) is 12.1. The first-order chi connectivity index (χ1) is 11.0. The van der Waals surface area contributed by atoms with Crippen molar-refractivity contribution in [3.8, 4) is 11.3 Å². The molecule has 7 nitrogen and oxygen atoms in total. The minimum atomic E-state index is -1.02. The van der Waals surface area contributed by atoms with Gasteiger partial charge in [0.2, 0.25) is 0 Å². The minimum Gasteiger partial charge on any atom is -0.478 e. The molecule has 7 heteroatoms. The van der Waals surface area contributed by atoms with Crippen LogP contribution >= 0.6 is 0 Å². The van der Waals surface area contributed by atoms with Crippen LogP contribution in [0.4, 0.5) is 4.79 Å². The van der Waals surface area contributed by atoms with Crippen LogP contribution in [0.1, 0.15) is 16.1 Å². The number of rotatable bonds is 3. The van der Waals surface area contributed by atoms with E-state index >= 15 is 0 Å². The van der Waals surface area contributed by atoms with Crippen LogP contribution in [0.3, 0.4) is 0 Å². The van der Waals surface area contributed by atoms with Crippen molar-refractivity contribution in [1.29, 1.82) is 0 Å². The van der Waals surface area contributed by atoms with E-state index in [1.807, 2.05) is 0 Å². The van der Waals surface area contributed by atoms with Crippen LogP contribution in [0.15, 0.2) is 46.5 Å². The third-order valence-electron chi connectivity index (χ3n) is 3.42. The van der Waals surface area contributed by atoms with Crippen molar-refractivity contribution in [2.24, 2.45) is 0 Å². The average Bonchev–Trinajstić information content (AvgIpc) is 3.08. The molecule has 1 aliphatic heterocycles. The Morgan fingerprint density at radius 2 is 2.04 bits per heavy atom. The van der Waals surface area contributed by atoms with Crippen LogP contribution in [0.5, 0.6) is 0 Å². The summed E-state index contributed by atoms with van der Waals surface area (Å²) in [5, 5.41) is 11.2. The number of furan rings is 1. The van der Waals surface area contributed by atoms with E-state index < -0.39 is 17.9 Å². The zero-order valence-electron chi connectivity index (χ0n) is 12.1. The highest BCUT2D eigenvalue weighted by Gasteiger charge is 2.29. The summed E-state index contributed by atoms with van der Waals surface area (Å²) in [6, 6.07) is 9.14. The second-order valence-corrected chi connectivity index (χ2v) is 4.94. The number of nitrogens with one attached hydrogen (secondary N) is 1. The highest BCUT2D eigenvalue weighted by Crippen LogP contribution is 2.25. The van der Waals surface area contributed by atoms with Gasteiger partial charge >= 0.3 is 12.0 Å². The van der Waals surface area contributed by atoms with E-state index in [9.17, 15) is 14.4 Å². The maximum Gasteiger partial charge on any atom is 0.335 e. The summed E-state index contributed by atoms with van der Waals surface area (Å²) in [7, 11) is 1.48. The number of aromatic carboxylic acids is 1. The molecular formula is C16H12N2O5. The molecule has 1 aromatic heterocycles. The van der Waals surface area contributed by atoms with Crippen molar-refractivity contribution in [2.45, 2.75) is 0 Å². The molecule has 1 saturated heterocycles. The summed E-state index contributed by atoms with van der Waals surface area (Å²) in [5.74, 6) is -0.674. The first-order valence-corrected chi connectivity index (χ1v) is 6.70. The third kappa shape index (κ3) is 2.71. The van der Waals surface area contributed by atoms with Gasteiger partial charge in [-0.15, -0.1) is 0 Å². The summed E-state index contributed by atoms with van der Waals surface area (Å²) in [6.07, 6.45) is 1.45. The Hall–Kier alpha value is -3.35. The van der Waals surface area contributed by atoms with Crippen LogP contribution in [0.25, 0.3) is 17.4 Å². The van der Waals surface area contributed by atoms with Crippen molar-refractivity contribution in [1.82, 2.24) is 10.2 Å². The SMILES string of the molecule is CN1C(=O)NC(=O)C1=Cc1ccc(-c2cccc(C(=O)O)c2)o1. The van der Waals surface area contributed by atoms with Gasteiger partial charge in [0.25, 0.3) is 5.91 Å². The molecule has 0 bridgehead atoms. The Bertz CT molecular complexity index is 850. The number of carbonyl (C=O) groups is 3. The highest BCUT2D eigenvalue weighted by molar-refractivity contribution is 6.13. The predicted molar refractivity (Wildman–Crippen MR) is 80.4 cm³/mol. The van der Waals surface area contributed by atoms with Gasteiger partial charge in [0, 0.05) is 18.7 Å². The lowest BCUT2D eigenvalue weighted by atomic mass is 10.1. The smallest absolute Gasteiger partial charge is 0.335 e. The molecule has 0 spiro atoms. The van der Waals surface area contributed by atoms with Gasteiger partial charge in [0.1, 0.15) is 17.2 Å². The second-order valence-electron chi connectivity index (χ2n) is 4.94. The first kappa shape index (κ1) is 14.6. The fourth-order valence-electron chi connectivity index (χ4n) is 2.19. The Kier molecular flexibility index (Phi) is 3.46. The number of urea groups is 1. The fourth-order valence-corrected chi connectivity index (χ4v) is 2.19. The molecule has 2 N–H and O–H groups in total. The zero-order chi connectivity index (χ0) is 16.6. The number of nitrogens with zero attached hydrogens (tertiary/aromatic N) is 1. The fraction of sp³-hybridized carbons (Fsp3) is 0.0625. The van der Waals surface area contributed by atoms with Gasteiger partial charge < -0.3 is 9.52 Å². The minimum absolute atomic E-state index is 0.152. The van der Waals surface area contributed by atoms with Crippen LogP contribution in [-0.4, -0.2) is 35.0 Å². The highest BCUT2D eigenvalue weighted by atomic mass is 16.4. The van der Waals surface area contributed by atoms with Crippen molar-refractivity contribution < 1.29 is 23.9 Å². The van der Waals surface area contributed by atoms with Crippen LogP contribution in [0.2, 0.25) is 0 Å². The van der Waals surface area contributed by atoms with Gasteiger partial charge in [0.05, 0.1) is 5.56 Å². The van der Waals surface area contributed by atoms with Gasteiger partial charge in [-0.1, -0.05) is 12.1 Å². The third-order valence-corrected chi connectivity index (χ3v) is 3.42. The lowest BCUT2D eigenvalue weighted by Gasteiger charge is -2.05. The van der Waals surface area contributed by atoms with E-state index in [1.54, 1.807) is 24.3 Å². The van der Waals surface area contributed by atoms with E-state index in [0.717, 1.165) is 0 Å². The van der Waals surface area contributed by atoms with Gasteiger partial charge in [-0.25, -0.2) is 9.59 Å². The van der Waals surface area contributed by atoms with Crippen molar-refractivity contribution >= 4 is 24.0 Å². The molecule has 0 saturated carbocycles. The predicted octanol–water partition coefficient (Wildman–Crippen LogP) is 2.17. The second kappa shape index (κ2) is 5.45. The van der Waals surface area contributed by atoms with Gasteiger partial charge in [-0.2, -0.15) is 0 Å². The van der Waals surface area contributed by atoms with Gasteiger partial charge in [0.15, 0.2) is 0 Å². The standard InChI is InChI=1S/C16H12N2O5/c1-18-12(14(19)17-16(18)22)8-11-5-6-13(23-11)9-3-2-4-10(7-9)15(20)21/h2-8H,1H3,(H,20,21)(H,17,19,22). The molecule has 1 aromatic carbocycles. The Labute approximate surface area is 130 Å². The van der Waals surface area contributed by atoms with Crippen LogP contribution in [0, 0.1) is 0 Å². The lowest BCUT2D eigenvalue weighted by molar-refractivity contribution is -0.115. The number of amides is 3. The molecule has 116 valence electrons.